The molecule has 1 aromatic carbocycles. The standard InChI is InChI=1S/C18H22N6/c1-22-18(23-10-5-8-15(19)13-23)16(12-21-22)24-11-9-20-17(24)14-6-3-2-4-7-14/h2-4,6-7,9,11-12,15H,5,8,10,13,19H2,1H3/t15-/m0/s1. The van der Waals surface area contributed by atoms with Crippen molar-refractivity contribution in [3.8, 4) is 17.1 Å². The molecule has 6 heteroatoms. The second-order valence-corrected chi connectivity index (χ2v) is 6.31. The average Bonchev–Trinajstić information content (AvgIpc) is 3.22. The first-order valence-electron chi connectivity index (χ1n) is 8.35. The van der Waals surface area contributed by atoms with Crippen LogP contribution in [0.25, 0.3) is 17.1 Å². The van der Waals surface area contributed by atoms with Crippen LogP contribution in [-0.2, 0) is 7.05 Å². The van der Waals surface area contributed by atoms with Crippen molar-refractivity contribution in [1.82, 2.24) is 19.3 Å². The van der Waals surface area contributed by atoms with Crippen LogP contribution in [0.3, 0.4) is 0 Å². The zero-order chi connectivity index (χ0) is 16.5. The van der Waals surface area contributed by atoms with Gasteiger partial charge in [0, 0.05) is 44.1 Å². The molecule has 1 fully saturated rings. The Morgan fingerprint density at radius 3 is 2.83 bits per heavy atom. The fourth-order valence-corrected chi connectivity index (χ4v) is 3.46. The molecule has 0 spiro atoms. The number of imidazole rings is 1. The molecule has 1 aliphatic rings. The summed E-state index contributed by atoms with van der Waals surface area (Å²) in [5.74, 6) is 2.02. The molecular weight excluding hydrogens is 300 g/mol. The van der Waals surface area contributed by atoms with Gasteiger partial charge in [0.1, 0.15) is 11.5 Å². The molecule has 0 saturated carbocycles. The lowest BCUT2D eigenvalue weighted by atomic mass is 10.1. The maximum atomic E-state index is 6.18. The van der Waals surface area contributed by atoms with Crippen molar-refractivity contribution in [1.29, 1.82) is 0 Å². The summed E-state index contributed by atoms with van der Waals surface area (Å²) in [5.41, 5.74) is 8.32. The summed E-state index contributed by atoms with van der Waals surface area (Å²) in [6.45, 7) is 1.87. The van der Waals surface area contributed by atoms with Crippen LogP contribution in [0.1, 0.15) is 12.8 Å². The van der Waals surface area contributed by atoms with Crippen molar-refractivity contribution in [3.63, 3.8) is 0 Å². The summed E-state index contributed by atoms with van der Waals surface area (Å²) in [6, 6.07) is 10.4. The topological polar surface area (TPSA) is 64.9 Å². The summed E-state index contributed by atoms with van der Waals surface area (Å²) in [6.07, 6.45) is 7.93. The quantitative estimate of drug-likeness (QED) is 0.803. The number of rotatable bonds is 3. The normalized spacial score (nSPS) is 18.1. The molecule has 2 aromatic heterocycles. The monoisotopic (exact) mass is 322 g/mol. The molecule has 6 nitrogen and oxygen atoms in total. The lowest BCUT2D eigenvalue weighted by Gasteiger charge is -2.33. The number of piperidine rings is 1. The molecule has 124 valence electrons. The van der Waals surface area contributed by atoms with Gasteiger partial charge in [0.05, 0.1) is 6.20 Å². The molecule has 1 atom stereocenters. The minimum absolute atomic E-state index is 0.220. The smallest absolute Gasteiger partial charge is 0.151 e. The van der Waals surface area contributed by atoms with Crippen molar-refractivity contribution in [2.75, 3.05) is 18.0 Å². The predicted octanol–water partition coefficient (Wildman–Crippen LogP) is 2.20. The molecule has 3 aromatic rings. The fourth-order valence-electron chi connectivity index (χ4n) is 3.46. The number of nitrogens with two attached hydrogens (primary N) is 1. The largest absolute Gasteiger partial charge is 0.354 e. The second kappa shape index (κ2) is 6.13. The third-order valence-corrected chi connectivity index (χ3v) is 4.58. The van der Waals surface area contributed by atoms with E-state index in [1.807, 2.05) is 48.5 Å². The number of nitrogens with zero attached hydrogens (tertiary/aromatic N) is 5. The van der Waals surface area contributed by atoms with E-state index in [-0.39, 0.29) is 6.04 Å². The number of aromatic nitrogens is 4. The highest BCUT2D eigenvalue weighted by atomic mass is 15.4. The van der Waals surface area contributed by atoms with Crippen LogP contribution in [0.15, 0.2) is 48.9 Å². The molecule has 0 bridgehead atoms. The number of hydrogen-bond acceptors (Lipinski definition) is 4. The SMILES string of the molecule is Cn1ncc(-n2ccnc2-c2ccccc2)c1N1CCC[C@H](N)C1. The molecular formula is C18H22N6. The van der Waals surface area contributed by atoms with E-state index < -0.39 is 0 Å². The van der Waals surface area contributed by atoms with Crippen LogP contribution in [0.4, 0.5) is 5.82 Å². The van der Waals surface area contributed by atoms with E-state index in [9.17, 15) is 0 Å². The third-order valence-electron chi connectivity index (χ3n) is 4.58. The van der Waals surface area contributed by atoms with Crippen LogP contribution in [-0.4, -0.2) is 38.5 Å². The summed E-state index contributed by atoms with van der Waals surface area (Å²) >= 11 is 0. The maximum Gasteiger partial charge on any atom is 0.151 e. The van der Waals surface area contributed by atoms with Gasteiger partial charge in [-0.2, -0.15) is 5.10 Å². The zero-order valence-electron chi connectivity index (χ0n) is 13.8. The first-order chi connectivity index (χ1) is 11.7. The second-order valence-electron chi connectivity index (χ2n) is 6.31. The fraction of sp³-hybridized carbons (Fsp3) is 0.333. The minimum atomic E-state index is 0.220. The Hall–Kier alpha value is -2.60. The molecule has 4 rings (SSSR count). The molecule has 0 aliphatic carbocycles. The summed E-state index contributed by atoms with van der Waals surface area (Å²) in [4.78, 5) is 6.89. The van der Waals surface area contributed by atoms with Gasteiger partial charge in [-0.1, -0.05) is 30.3 Å². The Balaban J connectivity index is 1.78. The molecule has 1 saturated heterocycles. The van der Waals surface area contributed by atoms with E-state index in [1.54, 1.807) is 0 Å². The summed E-state index contributed by atoms with van der Waals surface area (Å²) in [7, 11) is 1.98. The molecule has 0 amide bonds. The van der Waals surface area contributed by atoms with Gasteiger partial charge in [0.15, 0.2) is 5.82 Å². The van der Waals surface area contributed by atoms with Crippen LogP contribution in [0.5, 0.6) is 0 Å². The van der Waals surface area contributed by atoms with Gasteiger partial charge in [0.25, 0.3) is 0 Å². The van der Waals surface area contributed by atoms with E-state index in [0.29, 0.717) is 0 Å². The van der Waals surface area contributed by atoms with Crippen LogP contribution >= 0.6 is 0 Å². The molecule has 0 radical (unpaired) electrons. The molecule has 24 heavy (non-hydrogen) atoms. The highest BCUT2D eigenvalue weighted by Gasteiger charge is 2.24. The lowest BCUT2D eigenvalue weighted by Crippen LogP contribution is -2.43. The van der Waals surface area contributed by atoms with Gasteiger partial charge < -0.3 is 10.6 Å². The number of anilines is 1. The molecule has 1 aliphatic heterocycles. The minimum Gasteiger partial charge on any atom is -0.354 e. The highest BCUT2D eigenvalue weighted by molar-refractivity contribution is 5.64. The maximum absolute atomic E-state index is 6.18. The van der Waals surface area contributed by atoms with E-state index in [0.717, 1.165) is 48.8 Å². The zero-order valence-corrected chi connectivity index (χ0v) is 13.8. The van der Waals surface area contributed by atoms with Crippen molar-refractivity contribution in [3.05, 3.63) is 48.9 Å². The van der Waals surface area contributed by atoms with Crippen LogP contribution in [0.2, 0.25) is 0 Å². The van der Waals surface area contributed by atoms with Gasteiger partial charge >= 0.3 is 0 Å². The Morgan fingerprint density at radius 2 is 2.04 bits per heavy atom. The summed E-state index contributed by atoms with van der Waals surface area (Å²) in [5, 5.41) is 4.49. The predicted molar refractivity (Wildman–Crippen MR) is 95.2 cm³/mol. The van der Waals surface area contributed by atoms with Gasteiger partial charge in [-0.3, -0.25) is 9.25 Å². The van der Waals surface area contributed by atoms with E-state index >= 15 is 0 Å². The Morgan fingerprint density at radius 1 is 1.21 bits per heavy atom. The Bertz CT molecular complexity index is 819. The molecule has 3 heterocycles. The number of hydrogen-bond donors (Lipinski definition) is 1. The first kappa shape index (κ1) is 15.0. The van der Waals surface area contributed by atoms with Gasteiger partial charge in [-0.25, -0.2) is 4.98 Å². The van der Waals surface area contributed by atoms with Gasteiger partial charge in [0.2, 0.25) is 0 Å². The van der Waals surface area contributed by atoms with Crippen LogP contribution in [0, 0.1) is 0 Å². The average molecular weight is 322 g/mol. The van der Waals surface area contributed by atoms with E-state index in [1.165, 1.54) is 0 Å². The van der Waals surface area contributed by atoms with Gasteiger partial charge in [-0.15, -0.1) is 0 Å². The van der Waals surface area contributed by atoms with E-state index in [2.05, 4.69) is 31.7 Å². The Kier molecular flexibility index (Phi) is 3.82. The number of benzene rings is 1. The van der Waals surface area contributed by atoms with E-state index in [4.69, 9.17) is 5.73 Å². The number of aryl methyl sites for hydroxylation is 1. The van der Waals surface area contributed by atoms with Crippen molar-refractivity contribution >= 4 is 5.82 Å². The van der Waals surface area contributed by atoms with Crippen molar-refractivity contribution in [2.24, 2.45) is 12.8 Å². The summed E-state index contributed by atoms with van der Waals surface area (Å²) < 4.78 is 4.04. The lowest BCUT2D eigenvalue weighted by molar-refractivity contribution is 0.496. The van der Waals surface area contributed by atoms with Crippen molar-refractivity contribution < 1.29 is 0 Å². The molecule has 0 unspecified atom stereocenters. The first-order valence-corrected chi connectivity index (χ1v) is 8.35. The Labute approximate surface area is 141 Å². The van der Waals surface area contributed by atoms with Crippen molar-refractivity contribution in [2.45, 2.75) is 18.9 Å². The molecule has 2 N–H and O–H groups in total. The van der Waals surface area contributed by atoms with Crippen LogP contribution < -0.4 is 10.6 Å². The third kappa shape index (κ3) is 2.59. The van der Waals surface area contributed by atoms with Gasteiger partial charge in [-0.05, 0) is 12.8 Å². The highest BCUT2D eigenvalue weighted by Crippen LogP contribution is 2.30.